The summed E-state index contributed by atoms with van der Waals surface area (Å²) in [6.45, 7) is 1.93. The molecule has 1 aromatic rings. The summed E-state index contributed by atoms with van der Waals surface area (Å²) >= 11 is 5.03. The number of nitrogens with one attached hydrogen (secondary N) is 2. The molecule has 0 spiro atoms. The Balaban J connectivity index is 2.55. The van der Waals surface area contributed by atoms with Crippen molar-refractivity contribution >= 4 is 23.0 Å². The number of hydrogen-bond acceptors (Lipinski definition) is 3. The second-order valence-corrected chi connectivity index (χ2v) is 3.92. The lowest BCUT2D eigenvalue weighted by atomic mass is 10.1. The SMILES string of the molecule is CC(=NNC(=S)NN(C)C)c1ccccc1. The van der Waals surface area contributed by atoms with Crippen molar-refractivity contribution in [2.75, 3.05) is 14.1 Å². The lowest BCUT2D eigenvalue weighted by Gasteiger charge is -2.13. The van der Waals surface area contributed by atoms with Gasteiger partial charge in [0, 0.05) is 14.1 Å². The van der Waals surface area contributed by atoms with Crippen molar-refractivity contribution in [1.82, 2.24) is 15.9 Å². The minimum absolute atomic E-state index is 0.472. The fourth-order valence-electron chi connectivity index (χ4n) is 1.11. The molecule has 1 rings (SSSR count). The van der Waals surface area contributed by atoms with E-state index in [2.05, 4.69) is 16.0 Å². The van der Waals surface area contributed by atoms with E-state index in [1.54, 1.807) is 5.01 Å². The second kappa shape index (κ2) is 6.19. The Morgan fingerprint density at radius 2 is 1.88 bits per heavy atom. The fraction of sp³-hybridized carbons (Fsp3) is 0.273. The molecule has 0 aliphatic rings. The number of thiocarbonyl (C=S) groups is 1. The Kier molecular flexibility index (Phi) is 4.88. The van der Waals surface area contributed by atoms with Crippen molar-refractivity contribution in [3.05, 3.63) is 35.9 Å². The summed E-state index contributed by atoms with van der Waals surface area (Å²) in [6, 6.07) is 9.93. The van der Waals surface area contributed by atoms with Crippen molar-refractivity contribution in [1.29, 1.82) is 0 Å². The monoisotopic (exact) mass is 236 g/mol. The number of benzene rings is 1. The molecular formula is C11H16N4S. The molecule has 5 heteroatoms. The standard InChI is InChI=1S/C11H16N4S/c1-9(10-7-5-4-6-8-10)12-13-11(16)14-15(2)3/h4-8H,1-3H3,(H2,13,14,16). The van der Waals surface area contributed by atoms with Crippen molar-refractivity contribution in [3.8, 4) is 0 Å². The van der Waals surface area contributed by atoms with Gasteiger partial charge in [-0.1, -0.05) is 30.3 Å². The van der Waals surface area contributed by atoms with Crippen molar-refractivity contribution in [2.24, 2.45) is 5.10 Å². The van der Waals surface area contributed by atoms with Crippen molar-refractivity contribution in [2.45, 2.75) is 6.92 Å². The van der Waals surface area contributed by atoms with Crippen LogP contribution in [0.4, 0.5) is 0 Å². The van der Waals surface area contributed by atoms with Gasteiger partial charge in [-0.2, -0.15) is 5.10 Å². The van der Waals surface area contributed by atoms with Gasteiger partial charge in [0.2, 0.25) is 5.11 Å². The summed E-state index contributed by atoms with van der Waals surface area (Å²) in [6.07, 6.45) is 0. The minimum atomic E-state index is 0.472. The summed E-state index contributed by atoms with van der Waals surface area (Å²) < 4.78 is 0. The third kappa shape index (κ3) is 4.37. The molecule has 0 aliphatic heterocycles. The first kappa shape index (κ1) is 12.6. The fourth-order valence-corrected chi connectivity index (χ4v) is 1.33. The van der Waals surface area contributed by atoms with Gasteiger partial charge in [-0.25, -0.2) is 5.01 Å². The number of hydrazine groups is 1. The first-order chi connectivity index (χ1) is 7.59. The van der Waals surface area contributed by atoms with Gasteiger partial charge in [-0.05, 0) is 24.7 Å². The van der Waals surface area contributed by atoms with Gasteiger partial charge >= 0.3 is 0 Å². The largest absolute Gasteiger partial charge is 0.295 e. The topological polar surface area (TPSA) is 39.7 Å². The Morgan fingerprint density at radius 1 is 1.25 bits per heavy atom. The first-order valence-electron chi connectivity index (χ1n) is 4.93. The van der Waals surface area contributed by atoms with Gasteiger partial charge in [0.15, 0.2) is 0 Å². The van der Waals surface area contributed by atoms with E-state index >= 15 is 0 Å². The molecule has 86 valence electrons. The van der Waals surface area contributed by atoms with E-state index in [4.69, 9.17) is 12.2 Å². The van der Waals surface area contributed by atoms with Crippen LogP contribution in [0.1, 0.15) is 12.5 Å². The smallest absolute Gasteiger partial charge is 0.201 e. The maximum Gasteiger partial charge on any atom is 0.201 e. The number of hydrogen-bond donors (Lipinski definition) is 2. The molecule has 4 nitrogen and oxygen atoms in total. The average molecular weight is 236 g/mol. The van der Waals surface area contributed by atoms with Crippen molar-refractivity contribution < 1.29 is 0 Å². The van der Waals surface area contributed by atoms with Gasteiger partial charge in [0.25, 0.3) is 0 Å². The number of rotatable bonds is 3. The molecule has 0 bridgehead atoms. The Labute approximate surface area is 101 Å². The molecule has 0 fully saturated rings. The maximum atomic E-state index is 5.03. The normalized spacial score (nSPS) is 11.4. The van der Waals surface area contributed by atoms with E-state index in [9.17, 15) is 0 Å². The third-order valence-electron chi connectivity index (χ3n) is 1.84. The summed E-state index contributed by atoms with van der Waals surface area (Å²) in [5.74, 6) is 0. The zero-order valence-corrected chi connectivity index (χ0v) is 10.5. The lowest BCUT2D eigenvalue weighted by molar-refractivity contribution is 0.360. The summed E-state index contributed by atoms with van der Waals surface area (Å²) in [5, 5.41) is 6.41. The second-order valence-electron chi connectivity index (χ2n) is 3.51. The van der Waals surface area contributed by atoms with E-state index in [-0.39, 0.29) is 0 Å². The molecule has 0 atom stereocenters. The van der Waals surface area contributed by atoms with Gasteiger partial charge in [0.05, 0.1) is 5.71 Å². The lowest BCUT2D eigenvalue weighted by Crippen LogP contribution is -2.41. The highest BCUT2D eigenvalue weighted by Gasteiger charge is 1.97. The molecule has 0 saturated heterocycles. The summed E-state index contributed by atoms with van der Waals surface area (Å²) in [4.78, 5) is 0. The Bertz CT molecular complexity index is 373. The molecule has 0 saturated carbocycles. The van der Waals surface area contributed by atoms with Crippen LogP contribution in [0.25, 0.3) is 0 Å². The predicted molar refractivity (Wildman–Crippen MR) is 71.2 cm³/mol. The van der Waals surface area contributed by atoms with Crippen LogP contribution in [0.2, 0.25) is 0 Å². The van der Waals surface area contributed by atoms with Gasteiger partial charge in [-0.15, -0.1) is 0 Å². The third-order valence-corrected chi connectivity index (χ3v) is 2.02. The predicted octanol–water partition coefficient (Wildman–Crippen LogP) is 1.35. The van der Waals surface area contributed by atoms with Crippen LogP contribution in [0.3, 0.4) is 0 Å². The molecule has 0 heterocycles. The zero-order valence-electron chi connectivity index (χ0n) is 9.69. The zero-order chi connectivity index (χ0) is 12.0. The Morgan fingerprint density at radius 3 is 2.44 bits per heavy atom. The summed E-state index contributed by atoms with van der Waals surface area (Å²) in [7, 11) is 3.73. The maximum absolute atomic E-state index is 5.03. The van der Waals surface area contributed by atoms with Crippen LogP contribution in [-0.2, 0) is 0 Å². The molecule has 1 aromatic carbocycles. The van der Waals surface area contributed by atoms with Gasteiger partial charge in [0.1, 0.15) is 0 Å². The van der Waals surface area contributed by atoms with Crippen LogP contribution in [0.15, 0.2) is 35.4 Å². The van der Waals surface area contributed by atoms with E-state index in [1.807, 2.05) is 51.4 Å². The molecule has 0 aromatic heterocycles. The quantitative estimate of drug-likeness (QED) is 0.472. The van der Waals surface area contributed by atoms with E-state index in [1.165, 1.54) is 0 Å². The number of nitrogens with zero attached hydrogens (tertiary/aromatic N) is 2. The molecule has 0 amide bonds. The molecule has 0 radical (unpaired) electrons. The van der Waals surface area contributed by atoms with Crippen LogP contribution in [0, 0.1) is 0 Å². The average Bonchev–Trinajstić information content (AvgIpc) is 2.26. The van der Waals surface area contributed by atoms with Crippen molar-refractivity contribution in [3.63, 3.8) is 0 Å². The molecule has 0 unspecified atom stereocenters. The van der Waals surface area contributed by atoms with Crippen LogP contribution in [0.5, 0.6) is 0 Å². The first-order valence-corrected chi connectivity index (χ1v) is 5.34. The molecular weight excluding hydrogens is 220 g/mol. The van der Waals surface area contributed by atoms with E-state index < -0.39 is 0 Å². The Hall–Kier alpha value is -1.46. The molecule has 16 heavy (non-hydrogen) atoms. The highest BCUT2D eigenvalue weighted by atomic mass is 32.1. The molecule has 2 N–H and O–H groups in total. The number of hydrazone groups is 1. The van der Waals surface area contributed by atoms with Crippen LogP contribution < -0.4 is 10.9 Å². The highest BCUT2D eigenvalue weighted by Crippen LogP contribution is 1.99. The van der Waals surface area contributed by atoms with Gasteiger partial charge < -0.3 is 0 Å². The van der Waals surface area contributed by atoms with E-state index in [0.717, 1.165) is 11.3 Å². The molecule has 0 aliphatic carbocycles. The summed E-state index contributed by atoms with van der Waals surface area (Å²) in [5.41, 5.74) is 7.64. The van der Waals surface area contributed by atoms with E-state index in [0.29, 0.717) is 5.11 Å². The minimum Gasteiger partial charge on any atom is -0.295 e. The van der Waals surface area contributed by atoms with Gasteiger partial charge in [-0.3, -0.25) is 10.9 Å². The van der Waals surface area contributed by atoms with Crippen LogP contribution >= 0.6 is 12.2 Å². The highest BCUT2D eigenvalue weighted by molar-refractivity contribution is 7.80. The van der Waals surface area contributed by atoms with Crippen LogP contribution in [-0.4, -0.2) is 29.9 Å².